The Hall–Kier alpha value is -3.92. The molecular weight excluding hydrogens is 468 g/mol. The van der Waals surface area contributed by atoms with E-state index in [-0.39, 0.29) is 31.5 Å². The molecule has 2 N–H and O–H groups in total. The van der Waals surface area contributed by atoms with E-state index in [0.29, 0.717) is 23.3 Å². The number of aryl methyl sites for hydroxylation is 1. The van der Waals surface area contributed by atoms with Crippen LogP contribution in [0.3, 0.4) is 0 Å². The van der Waals surface area contributed by atoms with Crippen molar-refractivity contribution in [3.05, 3.63) is 83.6 Å². The monoisotopic (exact) mass is 490 g/mol. The highest BCUT2D eigenvalue weighted by Gasteiger charge is 2.13. The van der Waals surface area contributed by atoms with Gasteiger partial charge in [0.25, 0.3) is 5.91 Å². The van der Waals surface area contributed by atoms with Crippen molar-refractivity contribution in [1.82, 2.24) is 30.4 Å². The smallest absolute Gasteiger partial charge is 0.275 e. The summed E-state index contributed by atoms with van der Waals surface area (Å²) in [7, 11) is 0. The molecular formula is C25H23ClN6O3. The Balaban J connectivity index is 0.00000289. The maximum atomic E-state index is 12.3. The summed E-state index contributed by atoms with van der Waals surface area (Å²) >= 11 is 0. The highest BCUT2D eigenvalue weighted by Crippen LogP contribution is 2.23. The molecule has 0 fully saturated rings. The zero-order chi connectivity index (χ0) is 23.5. The second-order valence-corrected chi connectivity index (χ2v) is 7.85. The normalized spacial score (nSPS) is 10.9. The number of benzene rings is 2. The topological polar surface area (TPSA) is 115 Å². The van der Waals surface area contributed by atoms with E-state index in [1.807, 2.05) is 55.5 Å². The molecule has 0 aliphatic carbocycles. The molecule has 9 nitrogen and oxygen atoms in total. The molecule has 178 valence electrons. The van der Waals surface area contributed by atoms with Crippen molar-refractivity contribution in [3.8, 4) is 11.3 Å². The van der Waals surface area contributed by atoms with Gasteiger partial charge in [-0.25, -0.2) is 15.1 Å². The summed E-state index contributed by atoms with van der Waals surface area (Å²) in [5.74, 6) is -0.367. The van der Waals surface area contributed by atoms with E-state index in [0.717, 1.165) is 33.3 Å². The molecule has 0 saturated carbocycles. The average Bonchev–Trinajstić information content (AvgIpc) is 3.26. The molecule has 0 atom stereocenters. The molecule has 3 aromatic heterocycles. The number of pyridine rings is 2. The molecule has 5 rings (SSSR count). The summed E-state index contributed by atoms with van der Waals surface area (Å²) in [6.07, 6.45) is 1.78. The van der Waals surface area contributed by atoms with Crippen LogP contribution in [0.1, 0.15) is 21.5 Å². The molecule has 3 heterocycles. The number of halogens is 1. The van der Waals surface area contributed by atoms with Crippen molar-refractivity contribution in [2.24, 2.45) is 0 Å². The number of rotatable bonds is 7. The number of hydrogen-bond acceptors (Lipinski definition) is 7. The largest absolute Gasteiger partial charge is 0.394 e. The highest BCUT2D eigenvalue weighted by atomic mass is 35.5. The predicted octanol–water partition coefficient (Wildman–Crippen LogP) is 3.47. The van der Waals surface area contributed by atoms with Crippen LogP contribution in [0.2, 0.25) is 0 Å². The van der Waals surface area contributed by atoms with Gasteiger partial charge in [0.05, 0.1) is 31.0 Å². The van der Waals surface area contributed by atoms with Crippen molar-refractivity contribution in [1.29, 1.82) is 0 Å². The number of aromatic nitrogens is 5. The first-order valence-corrected chi connectivity index (χ1v) is 10.8. The number of aliphatic hydroxyl groups is 1. The van der Waals surface area contributed by atoms with E-state index >= 15 is 0 Å². The summed E-state index contributed by atoms with van der Waals surface area (Å²) in [4.78, 5) is 26.4. The Morgan fingerprint density at radius 2 is 1.94 bits per heavy atom. The van der Waals surface area contributed by atoms with Gasteiger partial charge in [0.1, 0.15) is 5.52 Å². The molecule has 5 aromatic rings. The molecule has 0 unspecified atom stereocenters. The number of fused-ring (bicyclic) bond motifs is 2. The van der Waals surface area contributed by atoms with Gasteiger partial charge in [-0.15, -0.1) is 17.5 Å². The fourth-order valence-electron chi connectivity index (χ4n) is 3.81. The Morgan fingerprint density at radius 3 is 2.77 bits per heavy atom. The first-order valence-electron chi connectivity index (χ1n) is 10.8. The fraction of sp³-hybridized carbons (Fsp3) is 0.160. The molecule has 0 spiro atoms. The van der Waals surface area contributed by atoms with Crippen LogP contribution in [-0.4, -0.2) is 49.2 Å². The summed E-state index contributed by atoms with van der Waals surface area (Å²) in [5, 5.41) is 18.4. The lowest BCUT2D eigenvalue weighted by Crippen LogP contribution is -2.25. The van der Waals surface area contributed by atoms with Gasteiger partial charge in [-0.1, -0.05) is 23.4 Å². The van der Waals surface area contributed by atoms with E-state index < -0.39 is 0 Å². The Labute approximate surface area is 207 Å². The van der Waals surface area contributed by atoms with Crippen LogP contribution >= 0.6 is 12.4 Å². The van der Waals surface area contributed by atoms with Crippen LogP contribution in [0.5, 0.6) is 0 Å². The Bertz CT molecular complexity index is 1500. The minimum atomic E-state index is -0.367. The highest BCUT2D eigenvalue weighted by molar-refractivity contribution is 5.95. The van der Waals surface area contributed by atoms with Crippen molar-refractivity contribution in [2.45, 2.75) is 13.5 Å². The van der Waals surface area contributed by atoms with Gasteiger partial charge in [-0.2, -0.15) is 0 Å². The minimum Gasteiger partial charge on any atom is -0.394 e. The summed E-state index contributed by atoms with van der Waals surface area (Å²) in [6.45, 7) is 2.24. The third-order valence-corrected chi connectivity index (χ3v) is 5.48. The van der Waals surface area contributed by atoms with Gasteiger partial charge in [0.15, 0.2) is 5.65 Å². The molecule has 0 bridgehead atoms. The second kappa shape index (κ2) is 10.6. The molecule has 0 saturated heterocycles. The van der Waals surface area contributed by atoms with E-state index in [4.69, 9.17) is 14.9 Å². The van der Waals surface area contributed by atoms with Crippen molar-refractivity contribution in [2.75, 3.05) is 13.2 Å². The van der Waals surface area contributed by atoms with Crippen molar-refractivity contribution >= 4 is 40.4 Å². The summed E-state index contributed by atoms with van der Waals surface area (Å²) in [5.41, 5.74) is 8.63. The predicted molar refractivity (Wildman–Crippen MR) is 134 cm³/mol. The Kier molecular flexibility index (Phi) is 7.31. The maximum absolute atomic E-state index is 12.3. The van der Waals surface area contributed by atoms with Gasteiger partial charge >= 0.3 is 0 Å². The van der Waals surface area contributed by atoms with Gasteiger partial charge in [-0.05, 0) is 60.5 Å². The number of hydrogen-bond donors (Lipinski definition) is 2. The molecule has 0 aliphatic heterocycles. The van der Waals surface area contributed by atoms with Crippen molar-refractivity contribution < 1.29 is 14.7 Å². The van der Waals surface area contributed by atoms with Gasteiger partial charge in [0.2, 0.25) is 0 Å². The summed E-state index contributed by atoms with van der Waals surface area (Å²) in [6, 6.07) is 19.3. The quantitative estimate of drug-likeness (QED) is 0.265. The molecule has 2 aromatic carbocycles. The van der Waals surface area contributed by atoms with Crippen LogP contribution in [-0.2, 0) is 11.4 Å². The molecule has 35 heavy (non-hydrogen) atoms. The number of nitrogens with zero attached hydrogens (tertiary/aromatic N) is 5. The van der Waals surface area contributed by atoms with E-state index in [1.54, 1.807) is 16.9 Å². The SMILES string of the molecule is Cc1cc(-c2ccc3nnn(Cc4ccc5ncccc5c4)c3n2)ccc1C(=O)NOCCO.Cl. The molecule has 0 radical (unpaired) electrons. The Morgan fingerprint density at radius 1 is 1.09 bits per heavy atom. The number of nitrogens with one attached hydrogen (secondary N) is 1. The van der Waals surface area contributed by atoms with Crippen LogP contribution in [0.4, 0.5) is 0 Å². The lowest BCUT2D eigenvalue weighted by Gasteiger charge is -2.09. The lowest BCUT2D eigenvalue weighted by atomic mass is 10.0. The van der Waals surface area contributed by atoms with Crippen LogP contribution in [0.25, 0.3) is 33.3 Å². The third-order valence-electron chi connectivity index (χ3n) is 5.48. The zero-order valence-corrected chi connectivity index (χ0v) is 19.7. The van der Waals surface area contributed by atoms with E-state index in [9.17, 15) is 4.79 Å². The number of hydroxylamine groups is 1. The van der Waals surface area contributed by atoms with Gasteiger partial charge in [0, 0.05) is 22.7 Å². The average molecular weight is 491 g/mol. The number of carbonyl (C=O) groups is 1. The maximum Gasteiger partial charge on any atom is 0.275 e. The minimum absolute atomic E-state index is 0. The van der Waals surface area contributed by atoms with Crippen molar-refractivity contribution in [3.63, 3.8) is 0 Å². The zero-order valence-electron chi connectivity index (χ0n) is 18.9. The van der Waals surface area contributed by atoms with E-state index in [1.165, 1.54) is 0 Å². The second-order valence-electron chi connectivity index (χ2n) is 7.85. The lowest BCUT2D eigenvalue weighted by molar-refractivity contribution is 0.0168. The molecule has 10 heteroatoms. The molecule has 1 amide bonds. The third kappa shape index (κ3) is 5.12. The standard InChI is InChI=1S/C25H22N6O3.ClH/c1-16-13-19(5-6-20(16)25(33)29-34-12-11-32)22-8-9-23-24(27-22)31(30-28-23)15-17-4-7-21-18(14-17)3-2-10-26-21;/h2-10,13-14,32H,11-12,15H2,1H3,(H,29,33);1H. The number of aliphatic hydroxyl groups excluding tert-OH is 1. The first-order chi connectivity index (χ1) is 16.6. The van der Waals surface area contributed by atoms with Crippen LogP contribution in [0, 0.1) is 6.92 Å². The number of amides is 1. The molecule has 0 aliphatic rings. The number of carbonyl (C=O) groups excluding carboxylic acids is 1. The summed E-state index contributed by atoms with van der Waals surface area (Å²) < 4.78 is 1.78. The van der Waals surface area contributed by atoms with Gasteiger partial charge in [-0.3, -0.25) is 14.6 Å². The van der Waals surface area contributed by atoms with E-state index in [2.05, 4.69) is 26.8 Å². The first kappa shape index (κ1) is 24.2. The van der Waals surface area contributed by atoms with Gasteiger partial charge < -0.3 is 5.11 Å². The van der Waals surface area contributed by atoms with Crippen LogP contribution < -0.4 is 5.48 Å². The fourth-order valence-corrected chi connectivity index (χ4v) is 3.81. The van der Waals surface area contributed by atoms with Crippen LogP contribution in [0.15, 0.2) is 66.9 Å².